The van der Waals surface area contributed by atoms with Crippen LogP contribution in [0.2, 0.25) is 0 Å². The van der Waals surface area contributed by atoms with Crippen LogP contribution < -0.4 is 15.9 Å². The summed E-state index contributed by atoms with van der Waals surface area (Å²) in [5.74, 6) is -0.0262. The minimum absolute atomic E-state index is 0.0200. The molecular weight excluding hydrogens is 514 g/mol. The van der Waals surface area contributed by atoms with Gasteiger partial charge in [0.05, 0.1) is 32.8 Å². The van der Waals surface area contributed by atoms with Crippen molar-refractivity contribution in [2.24, 2.45) is 0 Å². The molecule has 0 saturated carbocycles. The number of nitrogens with one attached hydrogen (secondary N) is 2. The number of aromatic nitrogens is 1. The van der Waals surface area contributed by atoms with E-state index in [-0.39, 0.29) is 27.7 Å². The molecule has 0 aliphatic rings. The first-order valence-electron chi connectivity index (χ1n) is 10.7. The number of hydrogen-bond acceptors (Lipinski definition) is 7. The van der Waals surface area contributed by atoms with Crippen molar-refractivity contribution in [3.05, 3.63) is 65.9 Å². The number of anilines is 4. The molecule has 0 saturated heterocycles. The molecule has 3 rings (SSSR count). The van der Waals surface area contributed by atoms with Crippen LogP contribution in [0.25, 0.3) is 0 Å². The highest BCUT2D eigenvalue weighted by Crippen LogP contribution is 2.39. The summed E-state index contributed by atoms with van der Waals surface area (Å²) >= 11 is 0. The molecule has 0 aliphatic carbocycles. The van der Waals surface area contributed by atoms with Crippen LogP contribution in [-0.4, -0.2) is 38.3 Å². The summed E-state index contributed by atoms with van der Waals surface area (Å²) in [5, 5.41) is 5.10. The second-order valence-corrected chi connectivity index (χ2v) is 14.4. The summed E-state index contributed by atoms with van der Waals surface area (Å²) in [6.45, 7) is 6.06. The number of alkyl halides is 3. The molecule has 0 bridgehead atoms. The van der Waals surface area contributed by atoms with Gasteiger partial charge in [0.1, 0.15) is 13.0 Å². The second-order valence-electron chi connectivity index (χ2n) is 8.69. The first-order chi connectivity index (χ1) is 16.6. The zero-order valence-electron chi connectivity index (χ0n) is 19.9. The maximum atomic E-state index is 13.8. The van der Waals surface area contributed by atoms with Gasteiger partial charge in [-0.2, -0.15) is 13.2 Å². The highest BCUT2D eigenvalue weighted by molar-refractivity contribution is 7.92. The molecule has 0 spiro atoms. The number of hydrogen-bond donors (Lipinski definition) is 2. The van der Waals surface area contributed by atoms with Gasteiger partial charge in [0.2, 0.25) is 0 Å². The summed E-state index contributed by atoms with van der Waals surface area (Å²) in [4.78, 5) is 15.3. The van der Waals surface area contributed by atoms with Crippen LogP contribution in [0.1, 0.15) is 29.8 Å². The van der Waals surface area contributed by atoms with Crippen molar-refractivity contribution in [2.45, 2.75) is 30.2 Å². The van der Waals surface area contributed by atoms with Crippen molar-refractivity contribution < 1.29 is 30.9 Å². The molecule has 192 valence electrons. The van der Waals surface area contributed by atoms with Crippen molar-refractivity contribution >= 4 is 51.4 Å². The highest BCUT2D eigenvalue weighted by Gasteiger charge is 2.35. The topological polar surface area (TPSA) is 105 Å². The fourth-order valence-electron chi connectivity index (χ4n) is 3.30. The van der Waals surface area contributed by atoms with E-state index >= 15 is 0 Å². The van der Waals surface area contributed by atoms with Crippen molar-refractivity contribution in [1.82, 2.24) is 4.98 Å². The molecule has 0 aliphatic heterocycles. The number of carbonyl (C=O) groups is 1. The Morgan fingerprint density at radius 2 is 1.64 bits per heavy atom. The predicted molar refractivity (Wildman–Crippen MR) is 135 cm³/mol. The fraction of sp³-hybridized carbons (Fsp3) is 0.250. The van der Waals surface area contributed by atoms with Crippen LogP contribution in [0.4, 0.5) is 36.1 Å². The quantitative estimate of drug-likeness (QED) is 0.274. The molecule has 0 unspecified atom stereocenters. The zero-order chi connectivity index (χ0) is 26.9. The number of rotatable bonds is 8. The largest absolute Gasteiger partial charge is 0.419 e. The molecule has 0 atom stereocenters. The lowest BCUT2D eigenvalue weighted by atomic mass is 10.1. The maximum Gasteiger partial charge on any atom is 0.419 e. The molecule has 0 amide bonds. The fourth-order valence-corrected chi connectivity index (χ4v) is 5.39. The molecule has 3 aromatic rings. The van der Waals surface area contributed by atoms with Crippen molar-refractivity contribution in [3.63, 3.8) is 0 Å². The Hall–Kier alpha value is -3.17. The van der Waals surface area contributed by atoms with Gasteiger partial charge in [0.25, 0.3) is 0 Å². The Morgan fingerprint density at radius 1 is 0.972 bits per heavy atom. The van der Waals surface area contributed by atoms with Gasteiger partial charge in [-0.1, -0.05) is 12.1 Å². The summed E-state index contributed by atoms with van der Waals surface area (Å²) in [7, 11) is -6.44. The lowest BCUT2D eigenvalue weighted by molar-refractivity contribution is -0.137. The van der Waals surface area contributed by atoms with Crippen LogP contribution in [0, 0.1) is 0 Å². The van der Waals surface area contributed by atoms with Gasteiger partial charge in [0.15, 0.2) is 16.1 Å². The van der Waals surface area contributed by atoms with Crippen molar-refractivity contribution in [2.75, 3.05) is 24.0 Å². The Kier molecular flexibility index (Phi) is 7.66. The van der Waals surface area contributed by atoms with E-state index in [1.165, 1.54) is 50.2 Å². The van der Waals surface area contributed by atoms with Crippen LogP contribution in [0.3, 0.4) is 0 Å². The van der Waals surface area contributed by atoms with Crippen molar-refractivity contribution in [3.8, 4) is 0 Å². The van der Waals surface area contributed by atoms with Gasteiger partial charge < -0.3 is 15.2 Å². The van der Waals surface area contributed by atoms with Gasteiger partial charge >= 0.3 is 6.18 Å². The SMILES string of the molecule is CC(C)S(=O)(=O)c1ccccc1Nc1cc(Nc2ccc(P(C)(C)=O)cc2C=O)ncc1C(F)(F)F. The Balaban J connectivity index is 2.08. The van der Waals surface area contributed by atoms with Crippen LogP contribution >= 0.6 is 7.14 Å². The molecule has 36 heavy (non-hydrogen) atoms. The Bertz CT molecular complexity index is 1450. The van der Waals surface area contributed by atoms with E-state index in [1.54, 1.807) is 19.4 Å². The lowest BCUT2D eigenvalue weighted by Crippen LogP contribution is -2.16. The molecule has 1 aromatic heterocycles. The van der Waals surface area contributed by atoms with Crippen molar-refractivity contribution in [1.29, 1.82) is 0 Å². The molecular formula is C24H25F3N3O4PS. The monoisotopic (exact) mass is 539 g/mol. The van der Waals surface area contributed by atoms with Crippen LogP contribution in [0.15, 0.2) is 59.6 Å². The number of aldehydes is 1. The third-order valence-corrected chi connectivity index (χ3v) is 9.07. The molecule has 7 nitrogen and oxygen atoms in total. The molecule has 12 heteroatoms. The standard InChI is InChI=1S/C24H25F3N3O4PS/c1-15(2)36(33,34)22-8-6-5-7-20(22)29-21-12-23(28-13-18(21)24(25,26)27)30-19-10-9-17(35(3,4)32)11-16(19)14-31/h5-15H,1-4H3,(H2,28,29,30). The van der Waals surface area contributed by atoms with Crippen LogP contribution in [0.5, 0.6) is 0 Å². The number of sulfone groups is 1. The highest BCUT2D eigenvalue weighted by atomic mass is 32.2. The first kappa shape index (κ1) is 27.4. The first-order valence-corrected chi connectivity index (χ1v) is 14.9. The van der Waals surface area contributed by atoms with E-state index in [0.29, 0.717) is 17.8 Å². The summed E-state index contributed by atoms with van der Waals surface area (Å²) in [6.07, 6.45) is -3.62. The predicted octanol–water partition coefficient (Wildman–Crippen LogP) is 5.83. The summed E-state index contributed by atoms with van der Waals surface area (Å²) < 4.78 is 79.1. The van der Waals surface area contributed by atoms with Gasteiger partial charge in [-0.3, -0.25) is 4.79 Å². The second kappa shape index (κ2) is 10.1. The summed E-state index contributed by atoms with van der Waals surface area (Å²) in [5.41, 5.74) is -1.14. The number of pyridine rings is 1. The minimum Gasteiger partial charge on any atom is -0.354 e. The average Bonchev–Trinajstić information content (AvgIpc) is 2.78. The van der Waals surface area contributed by atoms with E-state index < -0.39 is 39.7 Å². The van der Waals surface area contributed by atoms with Gasteiger partial charge in [0, 0.05) is 23.1 Å². The minimum atomic E-state index is -4.78. The van der Waals surface area contributed by atoms with E-state index in [2.05, 4.69) is 15.6 Å². The van der Waals surface area contributed by atoms with E-state index in [0.717, 1.165) is 6.07 Å². The molecule has 2 aromatic carbocycles. The number of halogens is 3. The molecule has 1 heterocycles. The van der Waals surface area contributed by atoms with E-state index in [4.69, 9.17) is 0 Å². The Morgan fingerprint density at radius 3 is 2.22 bits per heavy atom. The number of benzene rings is 2. The maximum absolute atomic E-state index is 13.8. The lowest BCUT2D eigenvalue weighted by Gasteiger charge is -2.19. The van der Waals surface area contributed by atoms with Crippen LogP contribution in [-0.2, 0) is 20.6 Å². The Labute approximate surface area is 207 Å². The number of nitrogens with zero attached hydrogens (tertiary/aromatic N) is 1. The molecule has 2 N–H and O–H groups in total. The smallest absolute Gasteiger partial charge is 0.354 e. The van der Waals surface area contributed by atoms with Gasteiger partial charge in [-0.05, 0) is 57.5 Å². The van der Waals surface area contributed by atoms with E-state index in [1.807, 2.05) is 0 Å². The van der Waals surface area contributed by atoms with Gasteiger partial charge in [-0.15, -0.1) is 0 Å². The van der Waals surface area contributed by atoms with Gasteiger partial charge in [-0.25, -0.2) is 13.4 Å². The average molecular weight is 540 g/mol. The third-order valence-electron chi connectivity index (χ3n) is 5.34. The number of carbonyl (C=O) groups excluding carboxylic acids is 1. The number of para-hydroxylation sites is 1. The summed E-state index contributed by atoms with van der Waals surface area (Å²) in [6, 6.07) is 11.3. The molecule has 0 fully saturated rings. The third kappa shape index (κ3) is 5.96. The molecule has 0 radical (unpaired) electrons. The normalized spacial score (nSPS) is 12.4. The van der Waals surface area contributed by atoms with E-state index in [9.17, 15) is 30.9 Å². The zero-order valence-corrected chi connectivity index (χ0v) is 21.6.